The molecule has 1 saturated heterocycles. The maximum atomic E-state index is 5.86. The number of hydrogen-bond donors (Lipinski definition) is 0. The van der Waals surface area contributed by atoms with Crippen molar-refractivity contribution in [1.82, 2.24) is 4.90 Å². The number of hydrogen-bond acceptors (Lipinski definition) is 3. The zero-order chi connectivity index (χ0) is 18.6. The molecule has 0 aromatic heterocycles. The summed E-state index contributed by atoms with van der Waals surface area (Å²) in [5.74, 6) is 1.45. The molecule has 0 spiro atoms. The Hall–Kier alpha value is -1.78. The first kappa shape index (κ1) is 18.6. The van der Waals surface area contributed by atoms with Crippen LogP contribution in [0, 0.1) is 5.92 Å². The average molecular weight is 396 g/mol. The van der Waals surface area contributed by atoms with Gasteiger partial charge in [0.2, 0.25) is 0 Å². The van der Waals surface area contributed by atoms with E-state index in [9.17, 15) is 0 Å². The van der Waals surface area contributed by atoms with E-state index >= 15 is 0 Å². The topological polar surface area (TPSA) is 12.5 Å². The van der Waals surface area contributed by atoms with Crippen molar-refractivity contribution >= 4 is 28.3 Å². The lowest BCUT2D eigenvalue weighted by molar-refractivity contribution is 0.376. The molecular weight excluding hydrogens is 370 g/mol. The molecule has 0 amide bonds. The molecule has 0 saturated carbocycles. The summed E-state index contributed by atoms with van der Waals surface area (Å²) >= 11 is 7.72. The number of rotatable bonds is 5. The maximum absolute atomic E-state index is 5.86. The van der Waals surface area contributed by atoms with E-state index in [1.165, 1.54) is 29.7 Å². The van der Waals surface area contributed by atoms with E-state index < -0.39 is 0 Å². The van der Waals surface area contributed by atoms with Crippen LogP contribution in [0.5, 0.6) is 5.75 Å². The average Bonchev–Trinajstić information content (AvgIpc) is 2.73. The van der Waals surface area contributed by atoms with Gasteiger partial charge in [-0.25, -0.2) is 0 Å². The molecule has 1 fully saturated rings. The summed E-state index contributed by atoms with van der Waals surface area (Å²) in [5, 5.41) is 0.405. The molecule has 0 unspecified atom stereocenters. The molecule has 2 aliphatic rings. The fourth-order valence-electron chi connectivity index (χ4n) is 4.06. The van der Waals surface area contributed by atoms with Crippen LogP contribution in [0.25, 0.3) is 0 Å². The van der Waals surface area contributed by atoms with Gasteiger partial charge in [0, 0.05) is 23.4 Å². The minimum absolute atomic E-state index is 0.405. The van der Waals surface area contributed by atoms with Crippen molar-refractivity contribution in [2.24, 2.45) is 5.92 Å². The second-order valence-electron chi connectivity index (χ2n) is 7.13. The largest absolute Gasteiger partial charge is 0.497 e. The van der Waals surface area contributed by atoms with Crippen LogP contribution in [-0.2, 0) is 6.42 Å². The molecule has 2 nitrogen and oxygen atoms in total. The van der Waals surface area contributed by atoms with Crippen LogP contribution >= 0.6 is 24.0 Å². The van der Waals surface area contributed by atoms with E-state index in [0.29, 0.717) is 11.2 Å². The summed E-state index contributed by atoms with van der Waals surface area (Å²) in [6, 6.07) is 19.2. The second kappa shape index (κ2) is 8.49. The van der Waals surface area contributed by atoms with Gasteiger partial charge in [-0.2, -0.15) is 0 Å². The van der Waals surface area contributed by atoms with Crippen LogP contribution in [0.3, 0.4) is 0 Å². The molecule has 1 aliphatic heterocycles. The molecule has 0 bridgehead atoms. The van der Waals surface area contributed by atoms with Gasteiger partial charge < -0.3 is 9.64 Å². The van der Waals surface area contributed by atoms with Gasteiger partial charge in [-0.05, 0) is 48.9 Å². The number of nitrogens with zero attached hydrogens (tertiary/aromatic N) is 1. The van der Waals surface area contributed by atoms with Gasteiger partial charge in [-0.1, -0.05) is 72.5 Å². The van der Waals surface area contributed by atoms with Crippen molar-refractivity contribution in [3.8, 4) is 5.75 Å². The van der Waals surface area contributed by atoms with Crippen molar-refractivity contribution < 1.29 is 4.74 Å². The smallest absolute Gasteiger partial charge is 0.141 e. The monoisotopic (exact) mass is 395 g/mol. The first-order valence-electron chi connectivity index (χ1n) is 9.62. The van der Waals surface area contributed by atoms with Crippen molar-refractivity contribution in [1.29, 1.82) is 0 Å². The van der Waals surface area contributed by atoms with E-state index in [0.717, 1.165) is 29.5 Å². The SMILES string of the molecule is COc1ccc([C@H]2SC(=S)N(CCc3ccccc3)C3=CCCC[C@@H]32)cc1. The molecule has 4 rings (SSSR count). The number of allylic oxidation sites excluding steroid dienone is 2. The lowest BCUT2D eigenvalue weighted by Gasteiger charge is -2.44. The molecule has 0 N–H and O–H groups in total. The van der Waals surface area contributed by atoms with Crippen LogP contribution in [-0.4, -0.2) is 22.9 Å². The summed E-state index contributed by atoms with van der Waals surface area (Å²) in [6.45, 7) is 0.966. The highest BCUT2D eigenvalue weighted by Crippen LogP contribution is 2.50. The summed E-state index contributed by atoms with van der Waals surface area (Å²) < 4.78 is 6.33. The van der Waals surface area contributed by atoms with Crippen LogP contribution in [0.2, 0.25) is 0 Å². The Bertz CT molecular complexity index is 816. The Morgan fingerprint density at radius 2 is 1.89 bits per heavy atom. The van der Waals surface area contributed by atoms with Crippen molar-refractivity contribution in [3.63, 3.8) is 0 Å². The van der Waals surface area contributed by atoms with Gasteiger partial charge in [-0.15, -0.1) is 0 Å². The van der Waals surface area contributed by atoms with E-state index in [2.05, 4.69) is 65.6 Å². The normalized spacial score (nSPS) is 22.2. The lowest BCUT2D eigenvalue weighted by Crippen LogP contribution is -2.39. The standard InChI is InChI=1S/C23H25NOS2/c1-25-19-13-11-18(12-14-19)22-20-9-5-6-10-21(20)24(23(26)27-22)16-15-17-7-3-2-4-8-17/h2-4,7-8,10-14,20,22H,5-6,9,15-16H2,1H3/t20-,22+/m0/s1. The van der Waals surface area contributed by atoms with Crippen molar-refractivity contribution in [2.45, 2.75) is 30.9 Å². The van der Waals surface area contributed by atoms with E-state index in [-0.39, 0.29) is 0 Å². The third-order valence-corrected chi connectivity index (χ3v) is 7.27. The van der Waals surface area contributed by atoms with E-state index in [1.807, 2.05) is 11.8 Å². The summed E-state index contributed by atoms with van der Waals surface area (Å²) in [6.07, 6.45) is 7.12. The number of thiocarbonyl (C=S) groups is 1. The van der Waals surface area contributed by atoms with Crippen molar-refractivity contribution in [3.05, 3.63) is 77.5 Å². The third kappa shape index (κ3) is 4.07. The molecule has 140 valence electrons. The number of benzene rings is 2. The Balaban J connectivity index is 1.55. The predicted octanol–water partition coefficient (Wildman–Crippen LogP) is 6.00. The van der Waals surface area contributed by atoms with Gasteiger partial charge in [0.15, 0.2) is 0 Å². The minimum Gasteiger partial charge on any atom is -0.497 e. The number of ether oxygens (including phenoxy) is 1. The first-order chi connectivity index (χ1) is 13.3. The summed E-state index contributed by atoms with van der Waals surface area (Å²) in [5.41, 5.74) is 4.17. The summed E-state index contributed by atoms with van der Waals surface area (Å²) in [4.78, 5) is 2.40. The molecule has 2 atom stereocenters. The van der Waals surface area contributed by atoms with Gasteiger partial charge >= 0.3 is 0 Å². The van der Waals surface area contributed by atoms with Crippen LogP contribution < -0.4 is 4.74 Å². The number of thioether (sulfide) groups is 1. The van der Waals surface area contributed by atoms with Gasteiger partial charge in [0.1, 0.15) is 10.1 Å². The predicted molar refractivity (Wildman–Crippen MR) is 118 cm³/mol. The molecule has 1 aliphatic carbocycles. The van der Waals surface area contributed by atoms with Gasteiger partial charge in [-0.3, -0.25) is 0 Å². The van der Waals surface area contributed by atoms with Crippen LogP contribution in [0.4, 0.5) is 0 Å². The van der Waals surface area contributed by atoms with Crippen LogP contribution in [0.15, 0.2) is 66.4 Å². The fraction of sp³-hybridized carbons (Fsp3) is 0.348. The fourth-order valence-corrected chi connectivity index (χ4v) is 5.85. The molecule has 2 aromatic rings. The highest BCUT2D eigenvalue weighted by molar-refractivity contribution is 8.23. The summed E-state index contributed by atoms with van der Waals surface area (Å²) in [7, 11) is 1.71. The van der Waals surface area contributed by atoms with Crippen molar-refractivity contribution in [2.75, 3.05) is 13.7 Å². The Morgan fingerprint density at radius 3 is 2.63 bits per heavy atom. The molecular formula is C23H25NOS2. The molecule has 2 aromatic carbocycles. The minimum atomic E-state index is 0.405. The molecule has 0 radical (unpaired) electrons. The third-order valence-electron chi connectivity index (χ3n) is 5.49. The van der Waals surface area contributed by atoms with Gasteiger partial charge in [0.05, 0.1) is 7.11 Å². The number of methoxy groups -OCH3 is 1. The lowest BCUT2D eigenvalue weighted by atomic mass is 9.85. The Morgan fingerprint density at radius 1 is 1.11 bits per heavy atom. The van der Waals surface area contributed by atoms with Crippen LogP contribution in [0.1, 0.15) is 35.6 Å². The maximum Gasteiger partial charge on any atom is 0.141 e. The molecule has 27 heavy (non-hydrogen) atoms. The number of fused-ring (bicyclic) bond motifs is 1. The Labute approximate surface area is 171 Å². The quantitative estimate of drug-likeness (QED) is 0.576. The van der Waals surface area contributed by atoms with Gasteiger partial charge in [0.25, 0.3) is 0 Å². The zero-order valence-corrected chi connectivity index (χ0v) is 17.3. The first-order valence-corrected chi connectivity index (χ1v) is 10.9. The van der Waals surface area contributed by atoms with E-state index in [4.69, 9.17) is 17.0 Å². The molecule has 1 heterocycles. The second-order valence-corrected chi connectivity index (χ2v) is 8.91. The molecule has 4 heteroatoms. The highest BCUT2D eigenvalue weighted by atomic mass is 32.2. The zero-order valence-electron chi connectivity index (χ0n) is 15.6. The van der Waals surface area contributed by atoms with E-state index in [1.54, 1.807) is 7.11 Å². The Kier molecular flexibility index (Phi) is 5.84. The highest BCUT2D eigenvalue weighted by Gasteiger charge is 2.38.